The summed E-state index contributed by atoms with van der Waals surface area (Å²) in [6.07, 6.45) is 5.14. The lowest BCUT2D eigenvalue weighted by molar-refractivity contribution is 0.0899. The largest absolute Gasteiger partial charge is 0.327 e. The molecule has 4 nitrogen and oxygen atoms in total. The van der Waals surface area contributed by atoms with E-state index in [1.807, 2.05) is 23.0 Å². The minimum Gasteiger partial charge on any atom is -0.327 e. The maximum absolute atomic E-state index is 6.21. The maximum atomic E-state index is 6.21. The predicted octanol–water partition coefficient (Wildman–Crippen LogP) is 3.19. The molecule has 3 rings (SSSR count). The Hall–Kier alpha value is -1.17. The Bertz CT molecular complexity index is 632. The highest BCUT2D eigenvalue weighted by Crippen LogP contribution is 2.28. The van der Waals surface area contributed by atoms with Crippen LogP contribution in [-0.2, 0) is 6.54 Å². The summed E-state index contributed by atoms with van der Waals surface area (Å²) in [7, 11) is 0. The third kappa shape index (κ3) is 3.42. The molecule has 0 bridgehead atoms. The Kier molecular flexibility index (Phi) is 4.39. The zero-order valence-corrected chi connectivity index (χ0v) is 14.8. The molecule has 1 atom stereocenters. The summed E-state index contributed by atoms with van der Waals surface area (Å²) in [6, 6.07) is 8.48. The summed E-state index contributed by atoms with van der Waals surface area (Å²) in [4.78, 5) is 2.48. The first-order valence-electron chi connectivity index (χ1n) is 7.71. The number of hydrogen-bond acceptors (Lipinski definition) is 3. The van der Waals surface area contributed by atoms with Crippen molar-refractivity contribution in [2.45, 2.75) is 32.9 Å². The summed E-state index contributed by atoms with van der Waals surface area (Å²) in [5, 5.41) is 4.48. The molecule has 0 aliphatic carbocycles. The van der Waals surface area contributed by atoms with Crippen LogP contribution in [0.1, 0.15) is 25.8 Å². The lowest BCUT2D eigenvalue weighted by Crippen LogP contribution is -2.51. The number of halogens is 1. The van der Waals surface area contributed by atoms with Crippen LogP contribution in [0.3, 0.4) is 0 Å². The Balaban J connectivity index is 1.68. The average molecular weight is 363 g/mol. The topological polar surface area (TPSA) is 47.1 Å². The van der Waals surface area contributed by atoms with Crippen LogP contribution >= 0.6 is 15.9 Å². The van der Waals surface area contributed by atoms with E-state index in [0.717, 1.165) is 36.2 Å². The second-order valence-corrected chi connectivity index (χ2v) is 7.78. The number of nitrogens with two attached hydrogens (primary N) is 1. The summed E-state index contributed by atoms with van der Waals surface area (Å²) in [5.41, 5.74) is 8.72. The quantitative estimate of drug-likeness (QED) is 0.911. The first-order valence-corrected chi connectivity index (χ1v) is 8.51. The smallest absolute Gasteiger partial charge is 0.0646 e. The fourth-order valence-electron chi connectivity index (χ4n) is 3.05. The van der Waals surface area contributed by atoms with E-state index in [1.54, 1.807) is 0 Å². The zero-order chi connectivity index (χ0) is 15.7. The van der Waals surface area contributed by atoms with Crippen LogP contribution in [0.2, 0.25) is 0 Å². The van der Waals surface area contributed by atoms with E-state index in [0.29, 0.717) is 6.04 Å². The molecule has 2 aromatic rings. The van der Waals surface area contributed by atoms with Crippen molar-refractivity contribution in [1.82, 2.24) is 14.7 Å². The molecular weight excluding hydrogens is 340 g/mol. The van der Waals surface area contributed by atoms with E-state index in [9.17, 15) is 0 Å². The predicted molar refractivity (Wildman–Crippen MR) is 92.9 cm³/mol. The molecule has 2 N–H and O–H groups in total. The normalized spacial score (nSPS) is 21.9. The highest BCUT2D eigenvalue weighted by Gasteiger charge is 2.33. The van der Waals surface area contributed by atoms with Gasteiger partial charge in [-0.3, -0.25) is 4.90 Å². The fourth-order valence-corrected chi connectivity index (χ4v) is 3.32. The molecule has 1 unspecified atom stereocenters. The second kappa shape index (κ2) is 6.14. The molecule has 22 heavy (non-hydrogen) atoms. The number of rotatable bonds is 3. The molecule has 0 radical (unpaired) electrons. The molecule has 118 valence electrons. The molecule has 1 aromatic carbocycles. The third-order valence-electron chi connectivity index (χ3n) is 4.52. The van der Waals surface area contributed by atoms with Crippen molar-refractivity contribution in [1.29, 1.82) is 0 Å². The van der Waals surface area contributed by atoms with Crippen LogP contribution in [0.5, 0.6) is 0 Å². The van der Waals surface area contributed by atoms with E-state index in [2.05, 4.69) is 58.1 Å². The zero-order valence-electron chi connectivity index (χ0n) is 13.2. The van der Waals surface area contributed by atoms with Crippen LogP contribution < -0.4 is 5.73 Å². The van der Waals surface area contributed by atoms with Gasteiger partial charge in [0.15, 0.2) is 0 Å². The van der Waals surface area contributed by atoms with Crippen molar-refractivity contribution in [3.63, 3.8) is 0 Å². The highest BCUT2D eigenvalue weighted by atomic mass is 79.9. The fraction of sp³-hybridized carbons (Fsp3) is 0.471. The molecule has 1 saturated heterocycles. The van der Waals surface area contributed by atoms with E-state index in [-0.39, 0.29) is 5.41 Å². The molecule has 2 heterocycles. The van der Waals surface area contributed by atoms with Crippen LogP contribution in [0.4, 0.5) is 0 Å². The van der Waals surface area contributed by atoms with Crippen molar-refractivity contribution >= 4 is 15.9 Å². The van der Waals surface area contributed by atoms with E-state index < -0.39 is 0 Å². The molecular formula is C17H23BrN4. The minimum atomic E-state index is 0.181. The molecule has 5 heteroatoms. The van der Waals surface area contributed by atoms with Crippen molar-refractivity contribution in [3.05, 3.63) is 46.7 Å². The molecule has 0 saturated carbocycles. The SMILES string of the molecule is CC1(C)CN(Cc2cnn(-c3ccc(Br)cc3)c2)CCC1N. The molecule has 1 aliphatic rings. The van der Waals surface area contributed by atoms with Gasteiger partial charge in [-0.05, 0) is 36.1 Å². The van der Waals surface area contributed by atoms with Crippen LogP contribution in [0.15, 0.2) is 41.1 Å². The first-order chi connectivity index (χ1) is 10.4. The van der Waals surface area contributed by atoms with Gasteiger partial charge in [0.1, 0.15) is 0 Å². The Morgan fingerprint density at radius 3 is 2.73 bits per heavy atom. The van der Waals surface area contributed by atoms with Gasteiger partial charge in [0, 0.05) is 41.9 Å². The number of aromatic nitrogens is 2. The summed E-state index contributed by atoms with van der Waals surface area (Å²) >= 11 is 3.46. The Morgan fingerprint density at radius 1 is 1.32 bits per heavy atom. The summed E-state index contributed by atoms with van der Waals surface area (Å²) < 4.78 is 3.01. The standard InChI is InChI=1S/C17H23BrN4/c1-17(2)12-21(8-7-16(17)19)10-13-9-20-22(11-13)15-5-3-14(18)4-6-15/h3-6,9,11,16H,7-8,10,12,19H2,1-2H3. The number of piperidine rings is 1. The van der Waals surface area contributed by atoms with Gasteiger partial charge in [-0.2, -0.15) is 5.10 Å². The lowest BCUT2D eigenvalue weighted by Gasteiger charge is -2.42. The summed E-state index contributed by atoms with van der Waals surface area (Å²) in [5.74, 6) is 0. The van der Waals surface area contributed by atoms with Crippen molar-refractivity contribution in [3.8, 4) is 5.69 Å². The average Bonchev–Trinajstić information content (AvgIpc) is 2.92. The van der Waals surface area contributed by atoms with Gasteiger partial charge in [-0.25, -0.2) is 4.68 Å². The number of nitrogens with zero attached hydrogens (tertiary/aromatic N) is 3. The van der Waals surface area contributed by atoms with Crippen molar-refractivity contribution in [2.24, 2.45) is 11.1 Å². The highest BCUT2D eigenvalue weighted by molar-refractivity contribution is 9.10. The van der Waals surface area contributed by atoms with Gasteiger partial charge in [-0.15, -0.1) is 0 Å². The Labute approximate surface area is 140 Å². The number of benzene rings is 1. The van der Waals surface area contributed by atoms with Gasteiger partial charge in [0.05, 0.1) is 11.9 Å². The van der Waals surface area contributed by atoms with Gasteiger partial charge >= 0.3 is 0 Å². The minimum absolute atomic E-state index is 0.181. The van der Waals surface area contributed by atoms with Crippen LogP contribution in [0, 0.1) is 5.41 Å². The monoisotopic (exact) mass is 362 g/mol. The van der Waals surface area contributed by atoms with Crippen molar-refractivity contribution in [2.75, 3.05) is 13.1 Å². The van der Waals surface area contributed by atoms with Crippen LogP contribution in [-0.4, -0.2) is 33.8 Å². The van der Waals surface area contributed by atoms with E-state index >= 15 is 0 Å². The molecule has 0 amide bonds. The second-order valence-electron chi connectivity index (χ2n) is 6.86. The number of hydrogen-bond donors (Lipinski definition) is 1. The van der Waals surface area contributed by atoms with Crippen LogP contribution in [0.25, 0.3) is 5.69 Å². The molecule has 1 aromatic heterocycles. The molecule has 0 spiro atoms. The summed E-state index contributed by atoms with van der Waals surface area (Å²) in [6.45, 7) is 7.56. The van der Waals surface area contributed by atoms with Gasteiger partial charge in [0.2, 0.25) is 0 Å². The van der Waals surface area contributed by atoms with E-state index in [1.165, 1.54) is 5.56 Å². The maximum Gasteiger partial charge on any atom is 0.0646 e. The molecule has 1 fully saturated rings. The van der Waals surface area contributed by atoms with Crippen molar-refractivity contribution < 1.29 is 0 Å². The van der Waals surface area contributed by atoms with Gasteiger partial charge < -0.3 is 5.73 Å². The van der Waals surface area contributed by atoms with E-state index in [4.69, 9.17) is 5.73 Å². The third-order valence-corrected chi connectivity index (χ3v) is 5.05. The number of likely N-dealkylation sites (tertiary alicyclic amines) is 1. The van der Waals surface area contributed by atoms with Gasteiger partial charge in [-0.1, -0.05) is 29.8 Å². The van der Waals surface area contributed by atoms with Gasteiger partial charge in [0.25, 0.3) is 0 Å². The molecule has 1 aliphatic heterocycles. The Morgan fingerprint density at radius 2 is 2.05 bits per heavy atom. The first kappa shape index (κ1) is 15.7. The lowest BCUT2D eigenvalue weighted by atomic mass is 9.79.